The number of rotatable bonds is 2. The van der Waals surface area contributed by atoms with Gasteiger partial charge in [0.05, 0.1) is 9.80 Å². The predicted octanol–water partition coefficient (Wildman–Crippen LogP) is -0.124. The van der Waals surface area contributed by atoms with Crippen molar-refractivity contribution >= 4 is 41.3 Å². The number of hydrogen-bond acceptors (Lipinski definition) is 7. The fraction of sp³-hybridized carbons (Fsp3) is 0.600. The molecule has 1 aliphatic rings. The van der Waals surface area contributed by atoms with E-state index in [1.807, 2.05) is 0 Å². The molecule has 1 unspecified atom stereocenters. The molecule has 1 atom stereocenters. The Morgan fingerprint density at radius 3 is 2.60 bits per heavy atom. The molecule has 0 saturated carbocycles. The van der Waals surface area contributed by atoms with Gasteiger partial charge in [0, 0.05) is 24.9 Å². The minimum absolute atomic E-state index is 0.376. The van der Waals surface area contributed by atoms with E-state index >= 15 is 0 Å². The summed E-state index contributed by atoms with van der Waals surface area (Å²) in [5.74, 6) is 0. The molecule has 0 bridgehead atoms. The van der Waals surface area contributed by atoms with E-state index in [1.165, 1.54) is 0 Å². The summed E-state index contributed by atoms with van der Waals surface area (Å²) >= 11 is 0. The summed E-state index contributed by atoms with van der Waals surface area (Å²) < 4.78 is 34.1. The molecule has 0 aromatic carbocycles. The van der Waals surface area contributed by atoms with Gasteiger partial charge < -0.3 is 4.90 Å². The summed E-state index contributed by atoms with van der Waals surface area (Å²) in [6, 6.07) is 0. The number of hydrogen-bond donors (Lipinski definition) is 2. The average Bonchev–Trinajstić information content (AvgIpc) is 2.44. The van der Waals surface area contributed by atoms with E-state index in [0.717, 1.165) is 10.8 Å². The Hall–Kier alpha value is -0.130. The molecule has 0 spiro atoms. The van der Waals surface area contributed by atoms with Crippen LogP contribution in [0.15, 0.2) is 4.99 Å². The van der Waals surface area contributed by atoms with E-state index in [4.69, 9.17) is 4.55 Å². The molecule has 0 aromatic heterocycles. The summed E-state index contributed by atoms with van der Waals surface area (Å²) in [6.07, 6.45) is 0. The lowest BCUT2D eigenvalue weighted by Crippen LogP contribution is -2.19. The van der Waals surface area contributed by atoms with E-state index in [1.54, 1.807) is 26.0 Å². The molecule has 7 nitrogen and oxygen atoms in total. The first-order chi connectivity index (χ1) is 6.83. The smallest absolute Gasteiger partial charge is 0.357 e. The molecule has 0 aliphatic carbocycles. The molecule has 2 N–H and O–H groups in total. The quantitative estimate of drug-likeness (QED) is 0.411. The first-order valence-electron chi connectivity index (χ1n) is 3.74. The van der Waals surface area contributed by atoms with Gasteiger partial charge in [0.2, 0.25) is 0 Å². The molecular formula is C5H11N3O4S3. The lowest BCUT2D eigenvalue weighted by molar-refractivity contribution is 0.409. The van der Waals surface area contributed by atoms with Gasteiger partial charge in [-0.2, -0.15) is 12.0 Å². The third kappa shape index (κ3) is 3.74. The second-order valence-electron chi connectivity index (χ2n) is 2.66. The molecule has 88 valence electrons. The van der Waals surface area contributed by atoms with Gasteiger partial charge in [-0.15, -0.1) is 0 Å². The standard InChI is InChI=1S/C5H11N3O4S3/c1-6-4-7-5(8(2)3)13-14(4)12-15(9,10)11/h6H,1-3H3,(H,9,10,11). The SMILES string of the molecule is CNC1=S(OS(=O)(=O)O)SC(N(C)C)=N1. The minimum atomic E-state index is -4.46. The highest BCUT2D eigenvalue weighted by Gasteiger charge is 2.23. The molecule has 0 aromatic rings. The van der Waals surface area contributed by atoms with Crippen LogP contribution in [0.1, 0.15) is 0 Å². The van der Waals surface area contributed by atoms with Crippen LogP contribution in [0.25, 0.3) is 0 Å². The van der Waals surface area contributed by atoms with Crippen LogP contribution in [0.4, 0.5) is 0 Å². The van der Waals surface area contributed by atoms with Gasteiger partial charge in [-0.25, -0.2) is 4.99 Å². The number of aliphatic imine (C=N–C) groups is 1. The lowest BCUT2D eigenvalue weighted by Gasteiger charge is -2.09. The maximum Gasteiger partial charge on any atom is 0.408 e. The van der Waals surface area contributed by atoms with Gasteiger partial charge in [-0.1, -0.05) is 0 Å². The van der Waals surface area contributed by atoms with Crippen molar-refractivity contribution in [1.82, 2.24) is 10.2 Å². The Morgan fingerprint density at radius 2 is 2.20 bits per heavy atom. The van der Waals surface area contributed by atoms with Crippen molar-refractivity contribution in [1.29, 1.82) is 0 Å². The van der Waals surface area contributed by atoms with Crippen LogP contribution in [0, 0.1) is 0 Å². The second kappa shape index (κ2) is 4.80. The normalized spacial score (nSPS) is 21.7. The Morgan fingerprint density at radius 1 is 1.60 bits per heavy atom. The van der Waals surface area contributed by atoms with Gasteiger partial charge in [-0.05, 0) is 7.05 Å². The van der Waals surface area contributed by atoms with Crippen molar-refractivity contribution in [3.63, 3.8) is 0 Å². The summed E-state index contributed by atoms with van der Waals surface area (Å²) in [7, 11) is 0.671. The van der Waals surface area contributed by atoms with Crippen LogP contribution >= 0.6 is 20.6 Å². The lowest BCUT2D eigenvalue weighted by atomic mass is 10.9. The van der Waals surface area contributed by atoms with E-state index in [2.05, 4.69) is 13.9 Å². The van der Waals surface area contributed by atoms with Gasteiger partial charge in [-0.3, -0.25) is 9.87 Å². The maximum atomic E-state index is 10.5. The molecule has 0 radical (unpaired) electrons. The van der Waals surface area contributed by atoms with Crippen molar-refractivity contribution in [2.24, 2.45) is 4.99 Å². The van der Waals surface area contributed by atoms with Crippen LogP contribution in [0.5, 0.6) is 0 Å². The first kappa shape index (κ1) is 12.9. The fourth-order valence-corrected chi connectivity index (χ4v) is 5.00. The largest absolute Gasteiger partial charge is 0.408 e. The first-order valence-corrected chi connectivity index (χ1v) is 7.59. The van der Waals surface area contributed by atoms with Gasteiger partial charge in [0.1, 0.15) is 0 Å². The van der Waals surface area contributed by atoms with Crippen molar-refractivity contribution in [2.45, 2.75) is 0 Å². The average molecular weight is 273 g/mol. The second-order valence-corrected chi connectivity index (χ2v) is 6.85. The van der Waals surface area contributed by atoms with E-state index in [-0.39, 0.29) is 0 Å². The molecular weight excluding hydrogens is 262 g/mol. The van der Waals surface area contributed by atoms with Crippen LogP contribution < -0.4 is 5.32 Å². The van der Waals surface area contributed by atoms with Crippen LogP contribution in [0.2, 0.25) is 0 Å². The molecule has 1 rings (SSSR count). The van der Waals surface area contributed by atoms with Gasteiger partial charge in [0.15, 0.2) is 10.3 Å². The summed E-state index contributed by atoms with van der Waals surface area (Å²) in [4.78, 5) is 5.82. The van der Waals surface area contributed by atoms with E-state index in [0.29, 0.717) is 10.3 Å². The molecule has 1 heterocycles. The summed E-state index contributed by atoms with van der Waals surface area (Å²) in [6.45, 7) is 0. The monoisotopic (exact) mass is 273 g/mol. The van der Waals surface area contributed by atoms with E-state index < -0.39 is 20.2 Å². The molecule has 1 aliphatic heterocycles. The predicted molar refractivity (Wildman–Crippen MR) is 63.0 cm³/mol. The zero-order chi connectivity index (χ0) is 11.6. The van der Waals surface area contributed by atoms with Gasteiger partial charge in [0.25, 0.3) is 0 Å². The highest BCUT2D eigenvalue weighted by molar-refractivity contribution is 8.88. The molecule has 0 fully saturated rings. The zero-order valence-corrected chi connectivity index (χ0v) is 10.7. The Balaban J connectivity index is 2.85. The number of nitrogens with zero attached hydrogens (tertiary/aromatic N) is 2. The molecule has 0 saturated heterocycles. The highest BCUT2D eigenvalue weighted by Crippen LogP contribution is 2.40. The van der Waals surface area contributed by atoms with Crippen molar-refractivity contribution in [3.05, 3.63) is 0 Å². The molecule has 10 heteroatoms. The van der Waals surface area contributed by atoms with Crippen molar-refractivity contribution in [3.8, 4) is 0 Å². The third-order valence-corrected chi connectivity index (χ3v) is 5.67. The van der Waals surface area contributed by atoms with Crippen LogP contribution in [-0.2, 0) is 14.0 Å². The van der Waals surface area contributed by atoms with Crippen LogP contribution in [0.3, 0.4) is 0 Å². The minimum Gasteiger partial charge on any atom is -0.357 e. The van der Waals surface area contributed by atoms with Gasteiger partial charge >= 0.3 is 10.4 Å². The van der Waals surface area contributed by atoms with E-state index in [9.17, 15) is 8.42 Å². The molecule has 15 heavy (non-hydrogen) atoms. The number of amidine groups is 1. The van der Waals surface area contributed by atoms with Crippen molar-refractivity contribution < 1.29 is 16.6 Å². The zero-order valence-electron chi connectivity index (χ0n) is 8.29. The topological polar surface area (TPSA) is 91.2 Å². The fourth-order valence-electron chi connectivity index (χ4n) is 0.688. The van der Waals surface area contributed by atoms with Crippen molar-refractivity contribution in [2.75, 3.05) is 21.1 Å². The van der Waals surface area contributed by atoms with Crippen LogP contribution in [-0.4, -0.2) is 49.3 Å². The maximum absolute atomic E-state index is 10.5. The molecule has 0 amide bonds. The Bertz CT molecular complexity index is 413. The summed E-state index contributed by atoms with van der Waals surface area (Å²) in [5.41, 5.74) is 0. The third-order valence-electron chi connectivity index (χ3n) is 1.25. The summed E-state index contributed by atoms with van der Waals surface area (Å²) in [5, 5.41) is 3.71. The highest BCUT2D eigenvalue weighted by atomic mass is 33.1. The Labute approximate surface area is 94.4 Å². The Kier molecular flexibility index (Phi) is 4.14. The number of nitrogens with one attached hydrogen (secondary N) is 1.